The molecule has 0 saturated carbocycles. The summed E-state index contributed by atoms with van der Waals surface area (Å²) in [7, 11) is 1.72. The highest BCUT2D eigenvalue weighted by molar-refractivity contribution is 5.78. The predicted octanol–water partition coefficient (Wildman–Crippen LogP) is 3.96. The van der Waals surface area contributed by atoms with Gasteiger partial charge in [-0.2, -0.15) is 0 Å². The molecule has 2 aromatic rings. The van der Waals surface area contributed by atoms with Crippen molar-refractivity contribution in [3.05, 3.63) is 65.2 Å². The van der Waals surface area contributed by atoms with Crippen molar-refractivity contribution >= 4 is 5.91 Å². The van der Waals surface area contributed by atoms with Crippen molar-refractivity contribution in [1.82, 2.24) is 4.90 Å². The third kappa shape index (κ3) is 3.15. The molecule has 3 heteroatoms. The Balaban J connectivity index is 1.72. The molecule has 0 spiro atoms. The van der Waals surface area contributed by atoms with E-state index in [9.17, 15) is 4.79 Å². The van der Waals surface area contributed by atoms with Crippen LogP contribution in [-0.4, -0.2) is 30.5 Å². The molecule has 1 aliphatic heterocycles. The SMILES string of the molecule is COc1ccc2c(c1)C(Cc1ccccc1)C(N1CCCC1=O)CC2. The zero-order valence-corrected chi connectivity index (χ0v) is 14.8. The first-order valence-corrected chi connectivity index (χ1v) is 9.26. The lowest BCUT2D eigenvalue weighted by Crippen LogP contribution is -2.43. The number of benzene rings is 2. The van der Waals surface area contributed by atoms with E-state index in [2.05, 4.69) is 53.4 Å². The van der Waals surface area contributed by atoms with Crippen LogP contribution in [0.1, 0.15) is 41.9 Å². The Morgan fingerprint density at radius 3 is 2.68 bits per heavy atom. The van der Waals surface area contributed by atoms with Gasteiger partial charge in [0.15, 0.2) is 0 Å². The van der Waals surface area contributed by atoms with E-state index in [4.69, 9.17) is 4.74 Å². The lowest BCUT2D eigenvalue weighted by molar-refractivity contribution is -0.130. The molecule has 1 heterocycles. The van der Waals surface area contributed by atoms with Crippen molar-refractivity contribution in [2.45, 2.75) is 44.1 Å². The highest BCUT2D eigenvalue weighted by atomic mass is 16.5. The molecule has 3 nitrogen and oxygen atoms in total. The summed E-state index contributed by atoms with van der Waals surface area (Å²) >= 11 is 0. The highest BCUT2D eigenvalue weighted by Crippen LogP contribution is 2.40. The third-order valence-electron chi connectivity index (χ3n) is 5.74. The number of hydrogen-bond donors (Lipinski definition) is 0. The Bertz CT molecular complexity index is 756. The minimum absolute atomic E-state index is 0.301. The average molecular weight is 335 g/mol. The first-order chi connectivity index (χ1) is 12.3. The second kappa shape index (κ2) is 6.91. The van der Waals surface area contributed by atoms with Crippen molar-refractivity contribution in [1.29, 1.82) is 0 Å². The monoisotopic (exact) mass is 335 g/mol. The van der Waals surface area contributed by atoms with E-state index in [1.54, 1.807) is 7.11 Å². The summed E-state index contributed by atoms with van der Waals surface area (Å²) in [6.07, 6.45) is 4.77. The fourth-order valence-electron chi connectivity index (χ4n) is 4.49. The summed E-state index contributed by atoms with van der Waals surface area (Å²) < 4.78 is 5.48. The largest absolute Gasteiger partial charge is 0.497 e. The van der Waals surface area contributed by atoms with Crippen molar-refractivity contribution in [3.8, 4) is 5.75 Å². The van der Waals surface area contributed by atoms with Crippen LogP contribution in [0.15, 0.2) is 48.5 Å². The number of methoxy groups -OCH3 is 1. The van der Waals surface area contributed by atoms with E-state index >= 15 is 0 Å². The van der Waals surface area contributed by atoms with E-state index in [0.717, 1.165) is 38.0 Å². The molecule has 4 rings (SSSR count). The smallest absolute Gasteiger partial charge is 0.222 e. The van der Waals surface area contributed by atoms with Crippen LogP contribution in [0.2, 0.25) is 0 Å². The van der Waals surface area contributed by atoms with Gasteiger partial charge >= 0.3 is 0 Å². The molecule has 1 aliphatic carbocycles. The summed E-state index contributed by atoms with van der Waals surface area (Å²) in [5, 5.41) is 0. The quantitative estimate of drug-likeness (QED) is 0.846. The number of hydrogen-bond acceptors (Lipinski definition) is 2. The van der Waals surface area contributed by atoms with E-state index in [1.165, 1.54) is 16.7 Å². The van der Waals surface area contributed by atoms with Crippen molar-refractivity contribution in [2.24, 2.45) is 0 Å². The number of likely N-dealkylation sites (tertiary alicyclic amines) is 1. The Hall–Kier alpha value is -2.29. The molecule has 0 N–H and O–H groups in total. The Kier molecular flexibility index (Phi) is 4.48. The van der Waals surface area contributed by atoms with Gasteiger partial charge in [0.25, 0.3) is 0 Å². The molecule has 2 aliphatic rings. The van der Waals surface area contributed by atoms with Gasteiger partial charge in [-0.25, -0.2) is 0 Å². The molecule has 2 aromatic carbocycles. The van der Waals surface area contributed by atoms with E-state index in [1.807, 2.05) is 0 Å². The number of aryl methyl sites for hydroxylation is 1. The van der Waals surface area contributed by atoms with Gasteiger partial charge in [-0.05, 0) is 54.5 Å². The normalized spacial score (nSPS) is 22.8. The third-order valence-corrected chi connectivity index (χ3v) is 5.74. The second-order valence-electron chi connectivity index (χ2n) is 7.16. The number of carbonyl (C=O) groups excluding carboxylic acids is 1. The number of nitrogens with zero attached hydrogens (tertiary/aromatic N) is 1. The van der Waals surface area contributed by atoms with E-state index < -0.39 is 0 Å². The lowest BCUT2D eigenvalue weighted by Gasteiger charge is -2.39. The molecule has 130 valence electrons. The fraction of sp³-hybridized carbons (Fsp3) is 0.409. The molecular formula is C22H25NO2. The van der Waals surface area contributed by atoms with Crippen molar-refractivity contribution in [2.75, 3.05) is 13.7 Å². The molecule has 1 saturated heterocycles. The molecule has 1 amide bonds. The average Bonchev–Trinajstić information content (AvgIpc) is 3.08. The van der Waals surface area contributed by atoms with Gasteiger partial charge in [0.05, 0.1) is 7.11 Å². The number of amides is 1. The molecular weight excluding hydrogens is 310 g/mol. The van der Waals surface area contributed by atoms with Gasteiger partial charge in [-0.1, -0.05) is 36.4 Å². The van der Waals surface area contributed by atoms with E-state index in [0.29, 0.717) is 24.3 Å². The first kappa shape index (κ1) is 16.2. The van der Waals surface area contributed by atoms with Crippen LogP contribution in [0.4, 0.5) is 0 Å². The highest BCUT2D eigenvalue weighted by Gasteiger charge is 2.37. The number of carbonyl (C=O) groups is 1. The first-order valence-electron chi connectivity index (χ1n) is 9.26. The Morgan fingerprint density at radius 2 is 1.96 bits per heavy atom. The molecule has 0 radical (unpaired) electrons. The number of ether oxygens (including phenoxy) is 1. The summed E-state index contributed by atoms with van der Waals surface area (Å²) in [5.41, 5.74) is 4.10. The standard InChI is InChI=1S/C22H25NO2/c1-25-18-11-9-17-10-12-21(23-13-5-8-22(23)24)20(19(17)15-18)14-16-6-3-2-4-7-16/h2-4,6-7,9,11,15,20-21H,5,8,10,12-14H2,1H3. The molecule has 2 unspecified atom stereocenters. The maximum atomic E-state index is 12.4. The van der Waals surface area contributed by atoms with Crippen LogP contribution in [0.25, 0.3) is 0 Å². The minimum Gasteiger partial charge on any atom is -0.497 e. The number of rotatable bonds is 4. The molecule has 0 aromatic heterocycles. The van der Waals surface area contributed by atoms with Gasteiger partial charge in [0.2, 0.25) is 5.91 Å². The second-order valence-corrected chi connectivity index (χ2v) is 7.16. The van der Waals surface area contributed by atoms with Crippen molar-refractivity contribution in [3.63, 3.8) is 0 Å². The van der Waals surface area contributed by atoms with Crippen LogP contribution in [0.5, 0.6) is 5.75 Å². The zero-order valence-electron chi connectivity index (χ0n) is 14.8. The van der Waals surface area contributed by atoms with Crippen LogP contribution in [0.3, 0.4) is 0 Å². The van der Waals surface area contributed by atoms with Gasteiger partial charge < -0.3 is 9.64 Å². The fourth-order valence-corrected chi connectivity index (χ4v) is 4.49. The maximum absolute atomic E-state index is 12.4. The summed E-state index contributed by atoms with van der Waals surface area (Å²) in [6.45, 7) is 0.911. The van der Waals surface area contributed by atoms with Gasteiger partial charge in [0.1, 0.15) is 5.75 Å². The summed E-state index contributed by atoms with van der Waals surface area (Å²) in [4.78, 5) is 14.6. The van der Waals surface area contributed by atoms with Gasteiger partial charge in [-0.15, -0.1) is 0 Å². The zero-order chi connectivity index (χ0) is 17.2. The summed E-state index contributed by atoms with van der Waals surface area (Å²) in [5.74, 6) is 1.57. The van der Waals surface area contributed by atoms with Crippen molar-refractivity contribution < 1.29 is 9.53 Å². The molecule has 25 heavy (non-hydrogen) atoms. The van der Waals surface area contributed by atoms with Gasteiger partial charge in [0, 0.05) is 24.9 Å². The van der Waals surface area contributed by atoms with Gasteiger partial charge in [-0.3, -0.25) is 4.79 Å². The Labute approximate surface area is 149 Å². The lowest BCUT2D eigenvalue weighted by atomic mass is 9.75. The molecule has 1 fully saturated rings. The van der Waals surface area contributed by atoms with Crippen LogP contribution >= 0.6 is 0 Å². The summed E-state index contributed by atoms with van der Waals surface area (Å²) in [6, 6.07) is 17.4. The molecule has 2 atom stereocenters. The number of fused-ring (bicyclic) bond motifs is 1. The van der Waals surface area contributed by atoms with Crippen LogP contribution in [0, 0.1) is 0 Å². The van der Waals surface area contributed by atoms with Crippen LogP contribution in [-0.2, 0) is 17.6 Å². The molecule has 0 bridgehead atoms. The minimum atomic E-state index is 0.301. The topological polar surface area (TPSA) is 29.5 Å². The maximum Gasteiger partial charge on any atom is 0.222 e. The van der Waals surface area contributed by atoms with E-state index in [-0.39, 0.29) is 0 Å². The predicted molar refractivity (Wildman–Crippen MR) is 98.9 cm³/mol. The Morgan fingerprint density at radius 1 is 1.12 bits per heavy atom. The van der Waals surface area contributed by atoms with Crippen LogP contribution < -0.4 is 4.74 Å².